The Kier molecular flexibility index (Phi) is 8.33. The van der Waals surface area contributed by atoms with E-state index in [1.54, 1.807) is 11.8 Å². The number of hydrogen-bond acceptors (Lipinski definition) is 6. The predicted molar refractivity (Wildman–Crippen MR) is 135 cm³/mol. The molecule has 2 N–H and O–H groups in total. The quantitative estimate of drug-likeness (QED) is 0.294. The number of ether oxygens (including phenoxy) is 1. The van der Waals surface area contributed by atoms with Crippen molar-refractivity contribution in [1.82, 2.24) is 10.2 Å². The number of benzene rings is 3. The average Bonchev–Trinajstić information content (AvgIpc) is 3.33. The summed E-state index contributed by atoms with van der Waals surface area (Å²) < 4.78 is 11.5. The zero-order chi connectivity index (χ0) is 22.7. The van der Waals surface area contributed by atoms with Crippen LogP contribution in [-0.2, 0) is 12.2 Å². The molecule has 0 aliphatic carbocycles. The number of rotatable bonds is 11. The minimum atomic E-state index is -0.0267. The second-order valence-electron chi connectivity index (χ2n) is 7.55. The molecule has 168 valence electrons. The Hall–Kier alpha value is -3.35. The number of aromatic nitrogens is 2. The zero-order valence-electron chi connectivity index (χ0n) is 18.3. The van der Waals surface area contributed by atoms with Gasteiger partial charge in [0.2, 0.25) is 11.8 Å². The van der Waals surface area contributed by atoms with Gasteiger partial charge in [0, 0.05) is 17.4 Å². The van der Waals surface area contributed by atoms with E-state index in [4.69, 9.17) is 14.9 Å². The first-order chi connectivity index (χ1) is 16.3. The maximum absolute atomic E-state index is 6.24. The Morgan fingerprint density at radius 1 is 0.909 bits per heavy atom. The Morgan fingerprint density at radius 2 is 1.64 bits per heavy atom. The van der Waals surface area contributed by atoms with E-state index in [-0.39, 0.29) is 6.04 Å². The molecule has 6 heteroatoms. The highest BCUT2D eigenvalue weighted by atomic mass is 32.2. The van der Waals surface area contributed by atoms with Gasteiger partial charge in [-0.25, -0.2) is 0 Å². The van der Waals surface area contributed by atoms with Crippen molar-refractivity contribution in [3.8, 4) is 17.2 Å². The largest absolute Gasteiger partial charge is 0.493 e. The molecule has 0 saturated carbocycles. The van der Waals surface area contributed by atoms with E-state index in [9.17, 15) is 0 Å². The summed E-state index contributed by atoms with van der Waals surface area (Å²) in [4.78, 5) is 0. The number of nitrogens with two attached hydrogens (primary N) is 1. The van der Waals surface area contributed by atoms with Gasteiger partial charge in [-0.05, 0) is 41.8 Å². The smallest absolute Gasteiger partial charge is 0.247 e. The highest BCUT2D eigenvalue weighted by molar-refractivity contribution is 7.98. The summed E-state index contributed by atoms with van der Waals surface area (Å²) in [5.74, 6) is 3.54. The van der Waals surface area contributed by atoms with Crippen molar-refractivity contribution in [3.05, 3.63) is 108 Å². The lowest BCUT2D eigenvalue weighted by Gasteiger charge is -2.06. The van der Waals surface area contributed by atoms with Crippen LogP contribution in [0.1, 0.15) is 17.0 Å². The molecular formula is C27H27N3O2S. The predicted octanol–water partition coefficient (Wildman–Crippen LogP) is 5.63. The van der Waals surface area contributed by atoms with Crippen LogP contribution in [0, 0.1) is 0 Å². The molecule has 0 fully saturated rings. The number of nitrogens with zero attached hydrogens (tertiary/aromatic N) is 2. The average molecular weight is 458 g/mol. The fourth-order valence-corrected chi connectivity index (χ4v) is 3.89. The van der Waals surface area contributed by atoms with Crippen molar-refractivity contribution in [1.29, 1.82) is 0 Å². The van der Waals surface area contributed by atoms with Crippen molar-refractivity contribution in [2.24, 2.45) is 5.73 Å². The van der Waals surface area contributed by atoms with Gasteiger partial charge >= 0.3 is 0 Å². The van der Waals surface area contributed by atoms with E-state index >= 15 is 0 Å². The molecule has 1 atom stereocenters. The van der Waals surface area contributed by atoms with Gasteiger partial charge in [0.05, 0.1) is 12.4 Å². The van der Waals surface area contributed by atoms with E-state index in [1.807, 2.05) is 84.9 Å². The summed E-state index contributed by atoms with van der Waals surface area (Å²) in [6.45, 7) is 0.639. The molecule has 0 spiro atoms. The highest BCUT2D eigenvalue weighted by Gasteiger charge is 2.08. The van der Waals surface area contributed by atoms with Gasteiger partial charge in [-0.2, -0.15) is 0 Å². The molecule has 0 saturated heterocycles. The third kappa shape index (κ3) is 7.34. The second-order valence-corrected chi connectivity index (χ2v) is 8.65. The monoisotopic (exact) mass is 457 g/mol. The Bertz CT molecular complexity index is 1130. The lowest BCUT2D eigenvalue weighted by atomic mass is 10.0. The molecule has 5 nitrogen and oxygen atoms in total. The van der Waals surface area contributed by atoms with Crippen LogP contribution in [-0.4, -0.2) is 28.6 Å². The van der Waals surface area contributed by atoms with Gasteiger partial charge in [0.1, 0.15) is 5.75 Å². The first kappa shape index (κ1) is 22.8. The van der Waals surface area contributed by atoms with Crippen LogP contribution < -0.4 is 10.5 Å². The van der Waals surface area contributed by atoms with Gasteiger partial charge < -0.3 is 14.9 Å². The molecule has 0 radical (unpaired) electrons. The normalized spacial score (nSPS) is 12.2. The Labute approximate surface area is 198 Å². The standard InChI is InChI=1S/C27H27N3O2S/c28-24(19-22-7-3-1-4-8-22)16-13-21-11-14-23(15-12-21)27-30-29-26(32-27)20-33-18-17-31-25-9-5-2-6-10-25/h1-16,24H,17-20,28H2/t24-/m0/s1. The maximum Gasteiger partial charge on any atom is 0.247 e. The first-order valence-electron chi connectivity index (χ1n) is 10.9. The summed E-state index contributed by atoms with van der Waals surface area (Å²) in [5.41, 5.74) is 9.45. The molecule has 1 heterocycles. The molecule has 0 bridgehead atoms. The fraction of sp³-hybridized carbons (Fsp3) is 0.185. The van der Waals surface area contributed by atoms with Gasteiger partial charge in [0.25, 0.3) is 0 Å². The lowest BCUT2D eigenvalue weighted by Crippen LogP contribution is -2.19. The number of thioether (sulfide) groups is 1. The molecule has 0 aliphatic heterocycles. The second kappa shape index (κ2) is 12.0. The summed E-state index contributed by atoms with van der Waals surface area (Å²) >= 11 is 1.70. The van der Waals surface area contributed by atoms with Crippen LogP contribution in [0.25, 0.3) is 17.5 Å². The fourth-order valence-electron chi connectivity index (χ4n) is 3.25. The number of para-hydroxylation sites is 1. The molecule has 1 aromatic heterocycles. The van der Waals surface area contributed by atoms with Crippen LogP contribution in [0.3, 0.4) is 0 Å². The van der Waals surface area contributed by atoms with Crippen LogP contribution >= 0.6 is 11.8 Å². The first-order valence-corrected chi connectivity index (χ1v) is 12.1. The van der Waals surface area contributed by atoms with Crippen molar-refractivity contribution in [2.75, 3.05) is 12.4 Å². The molecule has 33 heavy (non-hydrogen) atoms. The van der Waals surface area contributed by atoms with Gasteiger partial charge in [-0.1, -0.05) is 72.8 Å². The third-order valence-corrected chi connectivity index (χ3v) is 5.85. The van der Waals surface area contributed by atoms with Crippen LogP contribution in [0.2, 0.25) is 0 Å². The molecular weight excluding hydrogens is 430 g/mol. The highest BCUT2D eigenvalue weighted by Crippen LogP contribution is 2.21. The Morgan fingerprint density at radius 3 is 2.39 bits per heavy atom. The topological polar surface area (TPSA) is 74.2 Å². The van der Waals surface area contributed by atoms with E-state index < -0.39 is 0 Å². The van der Waals surface area contributed by atoms with Crippen molar-refractivity contribution in [3.63, 3.8) is 0 Å². The molecule has 4 rings (SSSR count). The summed E-state index contributed by atoms with van der Waals surface area (Å²) in [5, 5.41) is 8.35. The van der Waals surface area contributed by atoms with Crippen LogP contribution in [0.4, 0.5) is 0 Å². The van der Waals surface area contributed by atoms with Gasteiger partial charge in [0.15, 0.2) is 0 Å². The van der Waals surface area contributed by atoms with E-state index in [0.29, 0.717) is 24.1 Å². The SMILES string of the molecule is N[C@@H](C=Cc1ccc(-c2nnc(CSCCOc3ccccc3)o2)cc1)Cc1ccccc1. The van der Waals surface area contributed by atoms with E-state index in [0.717, 1.165) is 29.1 Å². The minimum absolute atomic E-state index is 0.0267. The van der Waals surface area contributed by atoms with Gasteiger partial charge in [-0.15, -0.1) is 22.0 Å². The molecule has 3 aromatic carbocycles. The summed E-state index contributed by atoms with van der Waals surface area (Å²) in [7, 11) is 0. The molecule has 0 unspecified atom stereocenters. The Balaban J connectivity index is 1.22. The van der Waals surface area contributed by atoms with E-state index in [1.165, 1.54) is 5.56 Å². The minimum Gasteiger partial charge on any atom is -0.493 e. The molecule has 0 amide bonds. The summed E-state index contributed by atoms with van der Waals surface area (Å²) in [6.07, 6.45) is 4.90. The van der Waals surface area contributed by atoms with Crippen LogP contribution in [0.15, 0.2) is 95.4 Å². The van der Waals surface area contributed by atoms with Crippen molar-refractivity contribution in [2.45, 2.75) is 18.2 Å². The lowest BCUT2D eigenvalue weighted by molar-refractivity contribution is 0.344. The van der Waals surface area contributed by atoms with E-state index in [2.05, 4.69) is 22.3 Å². The van der Waals surface area contributed by atoms with Crippen LogP contribution in [0.5, 0.6) is 5.75 Å². The molecule has 0 aliphatic rings. The third-order valence-electron chi connectivity index (χ3n) is 4.94. The van der Waals surface area contributed by atoms with Gasteiger partial charge in [-0.3, -0.25) is 0 Å². The summed E-state index contributed by atoms with van der Waals surface area (Å²) in [6, 6.07) is 28.1. The number of hydrogen-bond donors (Lipinski definition) is 1. The van der Waals surface area contributed by atoms with Crippen molar-refractivity contribution >= 4 is 17.8 Å². The van der Waals surface area contributed by atoms with Crippen molar-refractivity contribution < 1.29 is 9.15 Å². The maximum atomic E-state index is 6.24. The molecule has 4 aromatic rings. The zero-order valence-corrected chi connectivity index (χ0v) is 19.2.